The standard InChI is InChI=1S/C17H23Cl2N3O2/c1-3-4-5-6-12(2)21-22-17(24)10-9-16(23)20-15-8-7-13(18)11-14(15)19/h7-8,11H,3-6,9-10H2,1-2H3,(H,20,23)(H,22,24)/b21-12+. The summed E-state index contributed by atoms with van der Waals surface area (Å²) < 4.78 is 0. The first kappa shape index (κ1) is 20.5. The Bertz CT molecular complexity index is 603. The number of hydrazone groups is 1. The topological polar surface area (TPSA) is 70.6 Å². The molecule has 1 aromatic rings. The summed E-state index contributed by atoms with van der Waals surface area (Å²) in [7, 11) is 0. The Morgan fingerprint density at radius 2 is 1.79 bits per heavy atom. The van der Waals surface area contributed by atoms with Crippen LogP contribution in [0.1, 0.15) is 52.4 Å². The molecule has 7 heteroatoms. The SMILES string of the molecule is CCCCC/C(C)=N/NC(=O)CCC(=O)Nc1ccc(Cl)cc1Cl. The number of nitrogens with one attached hydrogen (secondary N) is 2. The molecule has 0 saturated carbocycles. The van der Waals surface area contributed by atoms with Gasteiger partial charge in [0.15, 0.2) is 0 Å². The zero-order chi connectivity index (χ0) is 17.9. The van der Waals surface area contributed by atoms with Crippen molar-refractivity contribution in [3.63, 3.8) is 0 Å². The van der Waals surface area contributed by atoms with Crippen molar-refractivity contribution in [2.45, 2.75) is 52.4 Å². The smallest absolute Gasteiger partial charge is 0.240 e. The van der Waals surface area contributed by atoms with E-state index in [1.807, 2.05) is 6.92 Å². The molecule has 2 N–H and O–H groups in total. The molecule has 0 unspecified atom stereocenters. The Kier molecular flexibility index (Phi) is 9.42. The summed E-state index contributed by atoms with van der Waals surface area (Å²) in [5.74, 6) is -0.583. The van der Waals surface area contributed by atoms with Gasteiger partial charge in [0.25, 0.3) is 0 Å². The van der Waals surface area contributed by atoms with Gasteiger partial charge in [0.2, 0.25) is 11.8 Å². The van der Waals surface area contributed by atoms with Crippen LogP contribution in [0, 0.1) is 0 Å². The number of anilines is 1. The average molecular weight is 372 g/mol. The summed E-state index contributed by atoms with van der Waals surface area (Å²) in [5, 5.41) is 7.52. The highest BCUT2D eigenvalue weighted by atomic mass is 35.5. The number of nitrogens with zero attached hydrogens (tertiary/aromatic N) is 1. The second kappa shape index (κ2) is 11.0. The summed E-state index contributed by atoms with van der Waals surface area (Å²) in [6.07, 6.45) is 4.33. The number of benzene rings is 1. The van der Waals surface area contributed by atoms with Gasteiger partial charge in [-0.25, -0.2) is 5.43 Å². The zero-order valence-corrected chi connectivity index (χ0v) is 15.5. The summed E-state index contributed by atoms with van der Waals surface area (Å²) in [4.78, 5) is 23.6. The van der Waals surface area contributed by atoms with E-state index in [0.717, 1.165) is 31.4 Å². The molecule has 0 radical (unpaired) electrons. The van der Waals surface area contributed by atoms with Crippen molar-refractivity contribution in [3.8, 4) is 0 Å². The normalized spacial score (nSPS) is 11.2. The Labute approximate surface area is 152 Å². The summed E-state index contributed by atoms with van der Waals surface area (Å²) in [5.41, 5.74) is 3.83. The van der Waals surface area contributed by atoms with Crippen molar-refractivity contribution in [2.75, 3.05) is 5.32 Å². The number of amides is 2. The van der Waals surface area contributed by atoms with E-state index < -0.39 is 0 Å². The van der Waals surface area contributed by atoms with Gasteiger partial charge in [-0.05, 0) is 38.0 Å². The Morgan fingerprint density at radius 1 is 1.08 bits per heavy atom. The number of hydrogen-bond acceptors (Lipinski definition) is 3. The molecule has 2 amide bonds. The molecule has 5 nitrogen and oxygen atoms in total. The number of hydrogen-bond donors (Lipinski definition) is 2. The van der Waals surface area contributed by atoms with E-state index in [-0.39, 0.29) is 24.7 Å². The molecule has 1 aromatic carbocycles. The molecule has 0 heterocycles. The lowest BCUT2D eigenvalue weighted by atomic mass is 10.1. The monoisotopic (exact) mass is 371 g/mol. The van der Waals surface area contributed by atoms with Crippen LogP contribution in [0.3, 0.4) is 0 Å². The van der Waals surface area contributed by atoms with Crippen LogP contribution in [0.4, 0.5) is 5.69 Å². The fraction of sp³-hybridized carbons (Fsp3) is 0.471. The minimum Gasteiger partial charge on any atom is -0.325 e. The maximum atomic E-state index is 11.8. The van der Waals surface area contributed by atoms with Crippen LogP contribution in [-0.2, 0) is 9.59 Å². The maximum Gasteiger partial charge on any atom is 0.240 e. The first-order chi connectivity index (χ1) is 11.4. The maximum absolute atomic E-state index is 11.8. The fourth-order valence-corrected chi connectivity index (χ4v) is 2.39. The second-order valence-electron chi connectivity index (χ2n) is 5.51. The fourth-order valence-electron chi connectivity index (χ4n) is 1.93. The van der Waals surface area contributed by atoms with Crippen molar-refractivity contribution >= 4 is 46.4 Å². The Hall–Kier alpha value is -1.59. The molecule has 0 aliphatic heterocycles. The van der Waals surface area contributed by atoms with E-state index in [4.69, 9.17) is 23.2 Å². The van der Waals surface area contributed by atoms with Gasteiger partial charge in [0, 0.05) is 23.6 Å². The van der Waals surface area contributed by atoms with Crippen LogP contribution in [-0.4, -0.2) is 17.5 Å². The number of carbonyl (C=O) groups is 2. The van der Waals surface area contributed by atoms with Gasteiger partial charge in [0.05, 0.1) is 10.7 Å². The molecule has 132 valence electrons. The summed E-state index contributed by atoms with van der Waals surface area (Å²) >= 11 is 11.8. The first-order valence-corrected chi connectivity index (χ1v) is 8.75. The first-order valence-electron chi connectivity index (χ1n) is 7.99. The minimum absolute atomic E-state index is 0.0508. The Balaban J connectivity index is 2.33. The van der Waals surface area contributed by atoms with Gasteiger partial charge in [-0.2, -0.15) is 5.10 Å². The van der Waals surface area contributed by atoms with Gasteiger partial charge in [-0.1, -0.05) is 43.0 Å². The minimum atomic E-state index is -0.294. The van der Waals surface area contributed by atoms with E-state index in [1.54, 1.807) is 18.2 Å². The van der Waals surface area contributed by atoms with Crippen LogP contribution in [0.25, 0.3) is 0 Å². The van der Waals surface area contributed by atoms with Crippen molar-refractivity contribution in [1.82, 2.24) is 5.43 Å². The number of carbonyl (C=O) groups excluding carboxylic acids is 2. The van der Waals surface area contributed by atoms with Crippen LogP contribution in [0.15, 0.2) is 23.3 Å². The molecule has 0 bridgehead atoms. The summed E-state index contributed by atoms with van der Waals surface area (Å²) in [6, 6.07) is 4.79. The predicted molar refractivity (Wildman–Crippen MR) is 99.7 cm³/mol. The highest BCUT2D eigenvalue weighted by Gasteiger charge is 2.09. The molecule has 0 aromatic heterocycles. The number of rotatable bonds is 9. The average Bonchev–Trinajstić information content (AvgIpc) is 2.54. The van der Waals surface area contributed by atoms with Gasteiger partial charge < -0.3 is 5.32 Å². The predicted octanol–water partition coefficient (Wildman–Crippen LogP) is 4.78. The van der Waals surface area contributed by atoms with Crippen LogP contribution in [0.2, 0.25) is 10.0 Å². The van der Waals surface area contributed by atoms with Gasteiger partial charge >= 0.3 is 0 Å². The molecule has 1 rings (SSSR count). The molecular weight excluding hydrogens is 349 g/mol. The van der Waals surface area contributed by atoms with Gasteiger partial charge in [-0.15, -0.1) is 0 Å². The van der Waals surface area contributed by atoms with Crippen molar-refractivity contribution in [1.29, 1.82) is 0 Å². The molecular formula is C17H23Cl2N3O2. The molecule has 0 saturated heterocycles. The highest BCUT2D eigenvalue weighted by Crippen LogP contribution is 2.25. The third-order valence-corrected chi connectivity index (χ3v) is 3.85. The van der Waals surface area contributed by atoms with Crippen LogP contribution in [0.5, 0.6) is 0 Å². The molecule has 0 aliphatic carbocycles. The molecule has 0 spiro atoms. The highest BCUT2D eigenvalue weighted by molar-refractivity contribution is 6.36. The van der Waals surface area contributed by atoms with E-state index in [0.29, 0.717) is 15.7 Å². The molecule has 0 atom stereocenters. The zero-order valence-electron chi connectivity index (χ0n) is 14.0. The largest absolute Gasteiger partial charge is 0.325 e. The van der Waals surface area contributed by atoms with Gasteiger partial charge in [-0.3, -0.25) is 9.59 Å². The third kappa shape index (κ3) is 8.31. The van der Waals surface area contributed by atoms with Crippen molar-refractivity contribution < 1.29 is 9.59 Å². The van der Waals surface area contributed by atoms with Crippen molar-refractivity contribution in [2.24, 2.45) is 5.10 Å². The van der Waals surface area contributed by atoms with Gasteiger partial charge in [0.1, 0.15) is 0 Å². The third-order valence-electron chi connectivity index (χ3n) is 3.30. The molecule has 24 heavy (non-hydrogen) atoms. The molecule has 0 aliphatic rings. The molecule has 0 fully saturated rings. The lowest BCUT2D eigenvalue weighted by Gasteiger charge is -2.07. The number of unbranched alkanes of at least 4 members (excludes halogenated alkanes) is 2. The van der Waals surface area contributed by atoms with E-state index >= 15 is 0 Å². The van der Waals surface area contributed by atoms with Crippen LogP contribution < -0.4 is 10.7 Å². The number of halogens is 2. The second-order valence-corrected chi connectivity index (χ2v) is 6.36. The van der Waals surface area contributed by atoms with E-state index in [9.17, 15) is 9.59 Å². The lowest BCUT2D eigenvalue weighted by Crippen LogP contribution is -2.21. The summed E-state index contributed by atoms with van der Waals surface area (Å²) in [6.45, 7) is 4.02. The quantitative estimate of drug-likeness (QED) is 0.372. The van der Waals surface area contributed by atoms with E-state index in [2.05, 4.69) is 22.8 Å². The lowest BCUT2D eigenvalue weighted by molar-refractivity contribution is -0.124. The van der Waals surface area contributed by atoms with Crippen molar-refractivity contribution in [3.05, 3.63) is 28.2 Å². The Morgan fingerprint density at radius 3 is 2.46 bits per heavy atom. The van der Waals surface area contributed by atoms with E-state index in [1.165, 1.54) is 0 Å². The van der Waals surface area contributed by atoms with Crippen LogP contribution >= 0.6 is 23.2 Å².